The Labute approximate surface area is 238 Å². The number of benzene rings is 3. The Morgan fingerprint density at radius 2 is 1.55 bits per heavy atom. The van der Waals surface area contributed by atoms with Gasteiger partial charge in [0.05, 0.1) is 18.6 Å². The topological polar surface area (TPSA) is 96.0 Å². The van der Waals surface area contributed by atoms with E-state index in [4.69, 9.17) is 4.74 Å². The van der Waals surface area contributed by atoms with Crippen LogP contribution in [-0.4, -0.2) is 56.6 Å². The van der Waals surface area contributed by atoms with Gasteiger partial charge in [0.25, 0.3) is 0 Å². The molecule has 0 aliphatic heterocycles. The van der Waals surface area contributed by atoms with Gasteiger partial charge in [0, 0.05) is 19.0 Å². The molecule has 0 aliphatic rings. The van der Waals surface area contributed by atoms with Gasteiger partial charge in [-0.1, -0.05) is 66.7 Å². The summed E-state index contributed by atoms with van der Waals surface area (Å²) in [5.41, 5.74) is 2.98. The van der Waals surface area contributed by atoms with Gasteiger partial charge in [-0.3, -0.25) is 13.9 Å². The third kappa shape index (κ3) is 8.32. The summed E-state index contributed by atoms with van der Waals surface area (Å²) < 4.78 is 32.8. The molecule has 0 saturated carbocycles. The first-order valence-corrected chi connectivity index (χ1v) is 15.2. The number of amides is 2. The van der Waals surface area contributed by atoms with Crippen molar-refractivity contribution in [2.45, 2.75) is 52.7 Å². The van der Waals surface area contributed by atoms with E-state index in [1.54, 1.807) is 31.2 Å². The van der Waals surface area contributed by atoms with Crippen LogP contribution in [0.3, 0.4) is 0 Å². The summed E-state index contributed by atoms with van der Waals surface area (Å²) in [4.78, 5) is 29.3. The molecule has 0 aliphatic carbocycles. The van der Waals surface area contributed by atoms with Gasteiger partial charge in [-0.15, -0.1) is 0 Å². The maximum atomic E-state index is 14.2. The van der Waals surface area contributed by atoms with Gasteiger partial charge in [0.2, 0.25) is 21.8 Å². The number of rotatable bonds is 13. The van der Waals surface area contributed by atoms with E-state index in [0.717, 1.165) is 27.3 Å². The van der Waals surface area contributed by atoms with Crippen molar-refractivity contribution in [2.24, 2.45) is 0 Å². The average molecular weight is 566 g/mol. The molecule has 0 aromatic heterocycles. The summed E-state index contributed by atoms with van der Waals surface area (Å²) in [6.45, 7) is 7.45. The van der Waals surface area contributed by atoms with Crippen molar-refractivity contribution in [3.05, 3.63) is 95.6 Å². The lowest BCUT2D eigenvalue weighted by Crippen LogP contribution is -2.54. The van der Waals surface area contributed by atoms with Crippen molar-refractivity contribution in [3.8, 4) is 5.75 Å². The van der Waals surface area contributed by atoms with E-state index in [0.29, 0.717) is 12.4 Å². The van der Waals surface area contributed by atoms with Gasteiger partial charge in [0.15, 0.2) is 0 Å². The number of hydrogen-bond donors (Lipinski definition) is 1. The largest absolute Gasteiger partial charge is 0.492 e. The zero-order valence-corrected chi connectivity index (χ0v) is 24.6. The summed E-state index contributed by atoms with van der Waals surface area (Å²) in [7, 11) is -3.89. The third-order valence-electron chi connectivity index (χ3n) is 6.42. The SMILES string of the molecule is CCOc1ccccc1N(CC(=O)N(Cc1ccccc1C)[C@H](Cc1ccccc1)C(=O)NC(C)C)S(C)(=O)=O. The van der Waals surface area contributed by atoms with Crippen molar-refractivity contribution in [2.75, 3.05) is 23.7 Å². The first-order valence-electron chi connectivity index (χ1n) is 13.4. The van der Waals surface area contributed by atoms with Crippen molar-refractivity contribution < 1.29 is 22.7 Å². The van der Waals surface area contributed by atoms with Crippen LogP contribution in [0, 0.1) is 6.92 Å². The minimum absolute atomic E-state index is 0.138. The van der Waals surface area contributed by atoms with Crippen LogP contribution >= 0.6 is 0 Å². The van der Waals surface area contributed by atoms with Crippen LogP contribution in [0.4, 0.5) is 5.69 Å². The molecule has 3 rings (SSSR count). The minimum Gasteiger partial charge on any atom is -0.492 e. The first-order chi connectivity index (χ1) is 19.0. The molecule has 0 bridgehead atoms. The Balaban J connectivity index is 2.09. The molecule has 0 radical (unpaired) electrons. The van der Waals surface area contributed by atoms with Crippen LogP contribution in [0.1, 0.15) is 37.5 Å². The van der Waals surface area contributed by atoms with Crippen molar-refractivity contribution in [1.82, 2.24) is 10.2 Å². The number of ether oxygens (including phenoxy) is 1. The predicted octanol–water partition coefficient (Wildman–Crippen LogP) is 4.32. The standard InChI is InChI=1S/C31H39N3O5S/c1-6-39-29-19-13-12-18-27(29)34(40(5,37)38)22-30(35)33(21-26-17-11-10-14-24(26)4)28(31(36)32-23(2)3)20-25-15-8-7-9-16-25/h7-19,23,28H,6,20-22H2,1-5H3,(H,32,36)/t28-/m1/s1. The molecule has 40 heavy (non-hydrogen) atoms. The Morgan fingerprint density at radius 1 is 0.925 bits per heavy atom. The van der Waals surface area contributed by atoms with Crippen molar-refractivity contribution in [1.29, 1.82) is 0 Å². The number of para-hydroxylation sites is 2. The van der Waals surface area contributed by atoms with Crippen molar-refractivity contribution >= 4 is 27.5 Å². The highest BCUT2D eigenvalue weighted by molar-refractivity contribution is 7.92. The third-order valence-corrected chi connectivity index (χ3v) is 7.54. The quantitative estimate of drug-likeness (QED) is 0.333. The molecule has 1 N–H and O–H groups in total. The van der Waals surface area contributed by atoms with E-state index in [1.165, 1.54) is 4.90 Å². The van der Waals surface area contributed by atoms with Crippen LogP contribution in [0.15, 0.2) is 78.9 Å². The number of aryl methyl sites for hydroxylation is 1. The smallest absolute Gasteiger partial charge is 0.244 e. The van der Waals surface area contributed by atoms with Gasteiger partial charge in [-0.25, -0.2) is 8.42 Å². The Morgan fingerprint density at radius 3 is 2.17 bits per heavy atom. The Bertz CT molecular complexity index is 1390. The predicted molar refractivity (Wildman–Crippen MR) is 159 cm³/mol. The fourth-order valence-electron chi connectivity index (χ4n) is 4.44. The monoisotopic (exact) mass is 565 g/mol. The number of anilines is 1. The van der Waals surface area contributed by atoms with Gasteiger partial charge >= 0.3 is 0 Å². The fraction of sp³-hybridized carbons (Fsp3) is 0.355. The number of nitrogens with one attached hydrogen (secondary N) is 1. The van der Waals surface area contributed by atoms with E-state index < -0.39 is 28.5 Å². The lowest BCUT2D eigenvalue weighted by atomic mass is 10.0. The van der Waals surface area contributed by atoms with E-state index >= 15 is 0 Å². The molecule has 3 aromatic rings. The summed E-state index contributed by atoms with van der Waals surface area (Å²) in [5, 5.41) is 2.96. The maximum Gasteiger partial charge on any atom is 0.244 e. The number of carbonyl (C=O) groups excluding carboxylic acids is 2. The number of hydrogen-bond acceptors (Lipinski definition) is 5. The Kier molecular flexibility index (Phi) is 10.7. The lowest BCUT2D eigenvalue weighted by Gasteiger charge is -2.34. The number of nitrogens with zero attached hydrogens (tertiary/aromatic N) is 2. The summed E-state index contributed by atoms with van der Waals surface area (Å²) in [6.07, 6.45) is 1.33. The van der Waals surface area contributed by atoms with E-state index in [9.17, 15) is 18.0 Å². The fourth-order valence-corrected chi connectivity index (χ4v) is 5.29. The second-order valence-electron chi connectivity index (χ2n) is 9.99. The first kappa shape index (κ1) is 30.7. The average Bonchev–Trinajstić information content (AvgIpc) is 2.90. The summed E-state index contributed by atoms with van der Waals surface area (Å²) >= 11 is 0. The van der Waals surface area contributed by atoms with Crippen LogP contribution in [0.2, 0.25) is 0 Å². The summed E-state index contributed by atoms with van der Waals surface area (Å²) in [6, 6.07) is 22.8. The van der Waals surface area contributed by atoms with Crippen LogP contribution in [0.5, 0.6) is 5.75 Å². The summed E-state index contributed by atoms with van der Waals surface area (Å²) in [5.74, 6) is -0.451. The lowest BCUT2D eigenvalue weighted by molar-refractivity contribution is -0.140. The molecular weight excluding hydrogens is 526 g/mol. The van der Waals surface area contributed by atoms with E-state index in [-0.39, 0.29) is 30.6 Å². The molecule has 1 atom stereocenters. The van der Waals surface area contributed by atoms with Gasteiger partial charge < -0.3 is 15.0 Å². The van der Waals surface area contributed by atoms with E-state index in [1.807, 2.05) is 75.4 Å². The highest BCUT2D eigenvalue weighted by atomic mass is 32.2. The molecule has 0 heterocycles. The van der Waals surface area contributed by atoms with Gasteiger partial charge in [-0.2, -0.15) is 0 Å². The number of sulfonamides is 1. The highest BCUT2D eigenvalue weighted by Gasteiger charge is 2.34. The molecule has 8 nitrogen and oxygen atoms in total. The van der Waals surface area contributed by atoms with Crippen LogP contribution < -0.4 is 14.4 Å². The van der Waals surface area contributed by atoms with Crippen LogP contribution in [-0.2, 0) is 32.6 Å². The van der Waals surface area contributed by atoms with Gasteiger partial charge in [-0.05, 0) is 56.5 Å². The van der Waals surface area contributed by atoms with Crippen molar-refractivity contribution in [3.63, 3.8) is 0 Å². The molecule has 3 aromatic carbocycles. The maximum absolute atomic E-state index is 14.2. The van der Waals surface area contributed by atoms with Crippen LogP contribution in [0.25, 0.3) is 0 Å². The zero-order chi connectivity index (χ0) is 29.3. The number of carbonyl (C=O) groups is 2. The molecule has 0 saturated heterocycles. The molecule has 2 amide bonds. The normalized spacial score (nSPS) is 12.1. The zero-order valence-electron chi connectivity index (χ0n) is 23.8. The minimum atomic E-state index is -3.89. The molecular formula is C31H39N3O5S. The Hall–Kier alpha value is -3.85. The molecule has 9 heteroatoms. The van der Waals surface area contributed by atoms with E-state index in [2.05, 4.69) is 5.32 Å². The second-order valence-corrected chi connectivity index (χ2v) is 11.9. The molecule has 214 valence electrons. The highest BCUT2D eigenvalue weighted by Crippen LogP contribution is 2.30. The van der Waals surface area contributed by atoms with Gasteiger partial charge in [0.1, 0.15) is 18.3 Å². The second kappa shape index (κ2) is 14.0. The molecule has 0 fully saturated rings. The molecule has 0 unspecified atom stereocenters. The molecule has 0 spiro atoms.